The Hall–Kier alpha value is -0.510. The Morgan fingerprint density at radius 1 is 1.56 bits per heavy atom. The summed E-state index contributed by atoms with van der Waals surface area (Å²) in [5, 5.41) is 7.43. The molecule has 1 aromatic rings. The standard InChI is InChI=1S/C5H8N3.BrH/c1-2-8-5-3-4-6-7-8;/h3-5H,2H2,1H3;1H/q+1;/p-1. The zero-order valence-corrected chi connectivity index (χ0v) is 6.74. The Labute approximate surface area is 64.5 Å². The van der Waals surface area contributed by atoms with Crippen molar-refractivity contribution in [3.05, 3.63) is 18.5 Å². The van der Waals surface area contributed by atoms with Gasteiger partial charge in [0.1, 0.15) is 18.0 Å². The summed E-state index contributed by atoms with van der Waals surface area (Å²) in [6.45, 7) is 2.91. The zero-order valence-electron chi connectivity index (χ0n) is 5.16. The zero-order chi connectivity index (χ0) is 5.82. The smallest absolute Gasteiger partial charge is 0.171 e. The third kappa shape index (κ3) is 2.51. The van der Waals surface area contributed by atoms with E-state index in [-0.39, 0.29) is 17.0 Å². The summed E-state index contributed by atoms with van der Waals surface area (Å²) in [5.74, 6) is 0. The molecule has 0 spiro atoms. The van der Waals surface area contributed by atoms with Gasteiger partial charge in [-0.05, 0) is 6.92 Å². The van der Waals surface area contributed by atoms with Gasteiger partial charge in [-0.2, -0.15) is 0 Å². The molecule has 1 aromatic heterocycles. The number of rotatable bonds is 1. The van der Waals surface area contributed by atoms with E-state index >= 15 is 0 Å². The van der Waals surface area contributed by atoms with Crippen LogP contribution in [0.4, 0.5) is 0 Å². The molecule has 4 heteroatoms. The highest BCUT2D eigenvalue weighted by Gasteiger charge is 1.88. The van der Waals surface area contributed by atoms with Crippen LogP contribution in [0.15, 0.2) is 18.5 Å². The molecule has 0 atom stereocenters. The van der Waals surface area contributed by atoms with Gasteiger partial charge in [-0.3, -0.25) is 0 Å². The lowest BCUT2D eigenvalue weighted by Crippen LogP contribution is -3.00. The first-order valence-corrected chi connectivity index (χ1v) is 2.61. The fourth-order valence-corrected chi connectivity index (χ4v) is 0.471. The summed E-state index contributed by atoms with van der Waals surface area (Å²) >= 11 is 0. The first-order chi connectivity index (χ1) is 3.93. The average molecular weight is 190 g/mol. The van der Waals surface area contributed by atoms with E-state index in [1.807, 2.05) is 19.2 Å². The molecule has 0 aromatic carbocycles. The van der Waals surface area contributed by atoms with E-state index < -0.39 is 0 Å². The highest BCUT2D eigenvalue weighted by molar-refractivity contribution is 4.65. The topological polar surface area (TPSA) is 29.7 Å². The Bertz CT molecular complexity index is 154. The first kappa shape index (κ1) is 8.49. The van der Waals surface area contributed by atoms with Gasteiger partial charge >= 0.3 is 0 Å². The highest BCUT2D eigenvalue weighted by atomic mass is 79.9. The van der Waals surface area contributed by atoms with Crippen molar-refractivity contribution < 1.29 is 21.7 Å². The minimum Gasteiger partial charge on any atom is -1.00 e. The van der Waals surface area contributed by atoms with Crippen molar-refractivity contribution in [3.8, 4) is 0 Å². The Morgan fingerprint density at radius 2 is 2.33 bits per heavy atom. The number of aromatic nitrogens is 3. The summed E-state index contributed by atoms with van der Waals surface area (Å²) in [6, 6.07) is 1.86. The van der Waals surface area contributed by atoms with Gasteiger partial charge in [0.15, 0.2) is 6.20 Å². The van der Waals surface area contributed by atoms with Crippen molar-refractivity contribution in [1.82, 2.24) is 10.3 Å². The maximum Gasteiger partial charge on any atom is 0.171 e. The van der Waals surface area contributed by atoms with Crippen LogP contribution in [0.1, 0.15) is 6.92 Å². The van der Waals surface area contributed by atoms with E-state index in [9.17, 15) is 0 Å². The lowest BCUT2D eigenvalue weighted by Gasteiger charge is -1.82. The minimum atomic E-state index is 0. The summed E-state index contributed by atoms with van der Waals surface area (Å²) in [5.41, 5.74) is 0. The molecule has 0 bridgehead atoms. The van der Waals surface area contributed by atoms with Crippen molar-refractivity contribution in [1.29, 1.82) is 0 Å². The average Bonchev–Trinajstić information content (AvgIpc) is 1.90. The van der Waals surface area contributed by atoms with E-state index in [0.29, 0.717) is 0 Å². The van der Waals surface area contributed by atoms with Crippen LogP contribution in [0, 0.1) is 0 Å². The largest absolute Gasteiger partial charge is 1.00 e. The fourth-order valence-electron chi connectivity index (χ4n) is 0.471. The first-order valence-electron chi connectivity index (χ1n) is 2.61. The van der Waals surface area contributed by atoms with Gasteiger partial charge in [0, 0.05) is 6.07 Å². The molecule has 0 radical (unpaired) electrons. The van der Waals surface area contributed by atoms with Crippen LogP contribution in [0.2, 0.25) is 0 Å². The monoisotopic (exact) mass is 189 g/mol. The summed E-state index contributed by atoms with van der Waals surface area (Å²) in [6.07, 6.45) is 3.54. The Morgan fingerprint density at radius 3 is 2.67 bits per heavy atom. The van der Waals surface area contributed by atoms with Gasteiger partial charge in [0.2, 0.25) is 0 Å². The molecule has 0 aliphatic heterocycles. The van der Waals surface area contributed by atoms with Crippen LogP contribution in [-0.2, 0) is 6.54 Å². The minimum absolute atomic E-state index is 0. The van der Waals surface area contributed by atoms with Gasteiger partial charge < -0.3 is 17.0 Å². The third-order valence-electron chi connectivity index (χ3n) is 0.901. The molecule has 0 aliphatic carbocycles. The molecule has 9 heavy (non-hydrogen) atoms. The van der Waals surface area contributed by atoms with Gasteiger partial charge in [-0.25, -0.2) is 0 Å². The summed E-state index contributed by atoms with van der Waals surface area (Å²) < 4.78 is 1.76. The quantitative estimate of drug-likeness (QED) is 0.436. The van der Waals surface area contributed by atoms with Crippen molar-refractivity contribution in [3.63, 3.8) is 0 Å². The molecular formula is C5H8BrN3. The number of halogens is 1. The van der Waals surface area contributed by atoms with Crippen LogP contribution < -0.4 is 21.7 Å². The number of nitrogens with zero attached hydrogens (tertiary/aromatic N) is 3. The normalized spacial score (nSPS) is 8.11. The molecular weight excluding hydrogens is 182 g/mol. The van der Waals surface area contributed by atoms with E-state index in [1.165, 1.54) is 0 Å². The lowest BCUT2D eigenvalue weighted by molar-refractivity contribution is -0.756. The summed E-state index contributed by atoms with van der Waals surface area (Å²) in [7, 11) is 0. The molecule has 0 fully saturated rings. The van der Waals surface area contributed by atoms with Crippen molar-refractivity contribution >= 4 is 0 Å². The number of aryl methyl sites for hydroxylation is 1. The van der Waals surface area contributed by atoms with Crippen molar-refractivity contribution in [2.24, 2.45) is 0 Å². The second-order valence-corrected chi connectivity index (χ2v) is 1.45. The molecule has 0 aliphatic rings. The predicted molar refractivity (Wildman–Crippen MR) is 27.9 cm³/mol. The highest BCUT2D eigenvalue weighted by Crippen LogP contribution is 1.64. The van der Waals surface area contributed by atoms with E-state index in [2.05, 4.69) is 10.3 Å². The SMILES string of the molecule is CC[n+]1cccnn1.[Br-]. The Balaban J connectivity index is 0.000000640. The molecule has 0 unspecified atom stereocenters. The molecule has 1 rings (SSSR count). The van der Waals surface area contributed by atoms with Crippen molar-refractivity contribution in [2.45, 2.75) is 13.5 Å². The fraction of sp³-hybridized carbons (Fsp3) is 0.400. The maximum atomic E-state index is 3.76. The number of hydrogen-bond acceptors (Lipinski definition) is 2. The summed E-state index contributed by atoms with van der Waals surface area (Å²) in [4.78, 5) is 0. The van der Waals surface area contributed by atoms with Crippen LogP contribution >= 0.6 is 0 Å². The second-order valence-electron chi connectivity index (χ2n) is 1.45. The van der Waals surface area contributed by atoms with Crippen LogP contribution in [0.3, 0.4) is 0 Å². The third-order valence-corrected chi connectivity index (χ3v) is 0.901. The van der Waals surface area contributed by atoms with Gasteiger partial charge in [-0.1, -0.05) is 0 Å². The van der Waals surface area contributed by atoms with Gasteiger partial charge in [0.25, 0.3) is 0 Å². The second kappa shape index (κ2) is 4.38. The van der Waals surface area contributed by atoms with Crippen LogP contribution in [-0.4, -0.2) is 10.3 Å². The lowest BCUT2D eigenvalue weighted by atomic mass is 10.7. The van der Waals surface area contributed by atoms with E-state index in [0.717, 1.165) is 6.54 Å². The van der Waals surface area contributed by atoms with Gasteiger partial charge in [-0.15, -0.1) is 4.68 Å². The molecule has 3 nitrogen and oxygen atoms in total. The van der Waals surface area contributed by atoms with Gasteiger partial charge in [0.05, 0.1) is 5.10 Å². The molecule has 0 N–H and O–H groups in total. The molecule has 1 heterocycles. The Kier molecular flexibility index (Phi) is 4.13. The molecule has 0 amide bonds. The maximum absolute atomic E-state index is 3.76. The molecule has 0 saturated heterocycles. The van der Waals surface area contributed by atoms with E-state index in [1.54, 1.807) is 10.9 Å². The molecule has 0 saturated carbocycles. The van der Waals surface area contributed by atoms with Crippen LogP contribution in [0.25, 0.3) is 0 Å². The van der Waals surface area contributed by atoms with E-state index in [4.69, 9.17) is 0 Å². The van der Waals surface area contributed by atoms with Crippen molar-refractivity contribution in [2.75, 3.05) is 0 Å². The number of hydrogen-bond donors (Lipinski definition) is 0. The predicted octanol–water partition coefficient (Wildman–Crippen LogP) is -3.21. The molecule has 50 valence electrons. The van der Waals surface area contributed by atoms with Crippen LogP contribution in [0.5, 0.6) is 0 Å².